The number of benzene rings is 2. The second-order valence-corrected chi connectivity index (χ2v) is 4.48. The molecule has 0 aliphatic rings. The second kappa shape index (κ2) is 5.28. The van der Waals surface area contributed by atoms with Crippen LogP contribution in [0.25, 0.3) is 0 Å². The van der Waals surface area contributed by atoms with E-state index < -0.39 is 11.7 Å². The molecule has 0 unspecified atom stereocenters. The van der Waals surface area contributed by atoms with E-state index in [0.29, 0.717) is 11.4 Å². The number of nitrogens with two attached hydrogens (primary N) is 1. The summed E-state index contributed by atoms with van der Waals surface area (Å²) in [6, 6.07) is 9.22. The number of amides is 1. The molecule has 0 atom stereocenters. The van der Waals surface area contributed by atoms with E-state index in [9.17, 15) is 9.18 Å². The zero-order valence-electron chi connectivity index (χ0n) is 10.2. The number of hydrogen-bond donors (Lipinski definition) is 2. The highest BCUT2D eigenvalue weighted by atomic mass is 35.5. The molecule has 98 valence electrons. The molecule has 3 nitrogen and oxygen atoms in total. The largest absolute Gasteiger partial charge is 0.398 e. The van der Waals surface area contributed by atoms with Gasteiger partial charge in [-0.2, -0.15) is 0 Å². The van der Waals surface area contributed by atoms with Gasteiger partial charge in [0, 0.05) is 11.4 Å². The molecule has 0 aromatic heterocycles. The van der Waals surface area contributed by atoms with Crippen molar-refractivity contribution in [2.75, 3.05) is 11.1 Å². The molecule has 0 fully saturated rings. The van der Waals surface area contributed by atoms with Gasteiger partial charge in [-0.25, -0.2) is 4.39 Å². The molecule has 0 saturated carbocycles. The first-order valence-corrected chi connectivity index (χ1v) is 5.99. The van der Waals surface area contributed by atoms with Crippen LogP contribution >= 0.6 is 11.6 Å². The van der Waals surface area contributed by atoms with Gasteiger partial charge >= 0.3 is 0 Å². The van der Waals surface area contributed by atoms with E-state index in [0.717, 1.165) is 5.56 Å². The van der Waals surface area contributed by atoms with Gasteiger partial charge in [0.2, 0.25) is 0 Å². The molecule has 19 heavy (non-hydrogen) atoms. The van der Waals surface area contributed by atoms with E-state index in [1.165, 1.54) is 18.2 Å². The van der Waals surface area contributed by atoms with Gasteiger partial charge in [-0.3, -0.25) is 4.79 Å². The summed E-state index contributed by atoms with van der Waals surface area (Å²) in [6.07, 6.45) is 0. The van der Waals surface area contributed by atoms with Gasteiger partial charge in [-0.05, 0) is 36.8 Å². The minimum Gasteiger partial charge on any atom is -0.398 e. The Balaban J connectivity index is 2.34. The van der Waals surface area contributed by atoms with Gasteiger partial charge in [0.05, 0.1) is 10.6 Å². The number of nitrogen functional groups attached to an aromatic ring is 1. The van der Waals surface area contributed by atoms with Gasteiger partial charge < -0.3 is 11.1 Å². The lowest BCUT2D eigenvalue weighted by molar-refractivity contribution is 0.102. The molecule has 0 aliphatic heterocycles. The number of nitrogens with one attached hydrogen (secondary N) is 1. The number of halogens is 2. The van der Waals surface area contributed by atoms with Crippen molar-refractivity contribution in [1.82, 2.24) is 0 Å². The first-order chi connectivity index (χ1) is 9.00. The Hall–Kier alpha value is -2.07. The van der Waals surface area contributed by atoms with E-state index in [2.05, 4.69) is 5.32 Å². The quantitative estimate of drug-likeness (QED) is 0.824. The summed E-state index contributed by atoms with van der Waals surface area (Å²) in [7, 11) is 0. The highest BCUT2D eigenvalue weighted by Gasteiger charge is 2.16. The predicted octanol–water partition coefficient (Wildman–Crippen LogP) is 3.62. The average molecular weight is 279 g/mol. The van der Waals surface area contributed by atoms with Crippen LogP contribution in [-0.2, 0) is 0 Å². The van der Waals surface area contributed by atoms with Crippen LogP contribution < -0.4 is 11.1 Å². The van der Waals surface area contributed by atoms with Crippen LogP contribution in [0.15, 0.2) is 36.4 Å². The van der Waals surface area contributed by atoms with Gasteiger partial charge in [-0.15, -0.1) is 0 Å². The summed E-state index contributed by atoms with van der Waals surface area (Å²) in [5.74, 6) is -1.26. The Labute approximate surface area is 115 Å². The molecular weight excluding hydrogens is 267 g/mol. The summed E-state index contributed by atoms with van der Waals surface area (Å²) in [5, 5.41) is 2.67. The average Bonchev–Trinajstić information content (AvgIpc) is 2.35. The third kappa shape index (κ3) is 2.69. The van der Waals surface area contributed by atoms with Crippen LogP contribution in [0.2, 0.25) is 5.02 Å². The number of carbonyl (C=O) groups is 1. The van der Waals surface area contributed by atoms with Crippen LogP contribution in [-0.4, -0.2) is 5.91 Å². The monoisotopic (exact) mass is 278 g/mol. The zero-order chi connectivity index (χ0) is 14.0. The minimum atomic E-state index is -0.661. The lowest BCUT2D eigenvalue weighted by atomic mass is 10.1. The highest BCUT2D eigenvalue weighted by molar-refractivity contribution is 6.34. The van der Waals surface area contributed by atoms with Crippen LogP contribution in [0.3, 0.4) is 0 Å². The van der Waals surface area contributed by atoms with Crippen LogP contribution in [0, 0.1) is 12.7 Å². The number of rotatable bonds is 2. The Morgan fingerprint density at radius 3 is 2.63 bits per heavy atom. The molecule has 0 aliphatic carbocycles. The van der Waals surface area contributed by atoms with Crippen molar-refractivity contribution < 1.29 is 9.18 Å². The van der Waals surface area contributed by atoms with Crippen molar-refractivity contribution in [2.45, 2.75) is 6.92 Å². The molecule has 0 heterocycles. The Bertz CT molecular complexity index is 623. The first kappa shape index (κ1) is 13.4. The van der Waals surface area contributed by atoms with E-state index in [4.69, 9.17) is 17.3 Å². The molecule has 2 aromatic carbocycles. The van der Waals surface area contributed by atoms with Gasteiger partial charge in [0.25, 0.3) is 5.91 Å². The number of anilines is 2. The maximum atomic E-state index is 13.6. The van der Waals surface area contributed by atoms with Crippen molar-refractivity contribution in [3.63, 3.8) is 0 Å². The maximum Gasteiger partial charge on any atom is 0.260 e. The van der Waals surface area contributed by atoms with Crippen molar-refractivity contribution in [1.29, 1.82) is 0 Å². The first-order valence-electron chi connectivity index (χ1n) is 5.61. The molecule has 0 radical (unpaired) electrons. The molecule has 0 spiro atoms. The van der Waals surface area contributed by atoms with E-state index >= 15 is 0 Å². The third-order valence-corrected chi connectivity index (χ3v) is 3.13. The molecule has 0 bridgehead atoms. The van der Waals surface area contributed by atoms with E-state index in [1.54, 1.807) is 25.1 Å². The van der Waals surface area contributed by atoms with Gasteiger partial charge in [0.15, 0.2) is 0 Å². The molecule has 2 aromatic rings. The Morgan fingerprint density at radius 2 is 1.95 bits per heavy atom. The molecule has 1 amide bonds. The van der Waals surface area contributed by atoms with Crippen LogP contribution in [0.5, 0.6) is 0 Å². The highest BCUT2D eigenvalue weighted by Crippen LogP contribution is 2.24. The number of hydrogen-bond acceptors (Lipinski definition) is 2. The minimum absolute atomic E-state index is 0.0686. The standard InChI is InChI=1S/C14H12ClFN2O/c1-8-11(17)6-3-7-12(8)18-14(19)13-9(15)4-2-5-10(13)16/h2-7H,17H2,1H3,(H,18,19). The molecular formula is C14H12ClFN2O. The molecule has 0 saturated heterocycles. The van der Waals surface area contributed by atoms with Crippen LogP contribution in [0.4, 0.5) is 15.8 Å². The topological polar surface area (TPSA) is 55.1 Å². The van der Waals surface area contributed by atoms with Crippen molar-refractivity contribution in [3.05, 3.63) is 58.4 Å². The molecule has 5 heteroatoms. The molecule has 2 rings (SSSR count). The van der Waals surface area contributed by atoms with E-state index in [-0.39, 0.29) is 10.6 Å². The summed E-state index contributed by atoms with van der Waals surface area (Å²) < 4.78 is 13.6. The Morgan fingerprint density at radius 1 is 1.26 bits per heavy atom. The fourth-order valence-electron chi connectivity index (χ4n) is 1.69. The lowest BCUT2D eigenvalue weighted by Gasteiger charge is -2.11. The second-order valence-electron chi connectivity index (χ2n) is 4.07. The Kier molecular flexibility index (Phi) is 3.71. The summed E-state index contributed by atoms with van der Waals surface area (Å²) in [6.45, 7) is 1.77. The van der Waals surface area contributed by atoms with E-state index in [1.807, 2.05) is 0 Å². The van der Waals surface area contributed by atoms with Crippen molar-refractivity contribution in [3.8, 4) is 0 Å². The fraction of sp³-hybridized carbons (Fsp3) is 0.0714. The lowest BCUT2D eigenvalue weighted by Crippen LogP contribution is -2.15. The fourth-order valence-corrected chi connectivity index (χ4v) is 1.94. The summed E-state index contributed by atoms with van der Waals surface area (Å²) in [4.78, 5) is 12.0. The third-order valence-electron chi connectivity index (χ3n) is 2.81. The molecule has 3 N–H and O–H groups in total. The van der Waals surface area contributed by atoms with Gasteiger partial charge in [-0.1, -0.05) is 23.7 Å². The smallest absolute Gasteiger partial charge is 0.260 e. The van der Waals surface area contributed by atoms with Crippen molar-refractivity contribution >= 4 is 28.9 Å². The SMILES string of the molecule is Cc1c(N)cccc1NC(=O)c1c(F)cccc1Cl. The summed E-state index contributed by atoms with van der Waals surface area (Å²) >= 11 is 5.84. The number of carbonyl (C=O) groups excluding carboxylic acids is 1. The van der Waals surface area contributed by atoms with Crippen LogP contribution in [0.1, 0.15) is 15.9 Å². The maximum absolute atomic E-state index is 13.6. The predicted molar refractivity (Wildman–Crippen MR) is 75.0 cm³/mol. The zero-order valence-corrected chi connectivity index (χ0v) is 11.0. The normalized spacial score (nSPS) is 10.3. The van der Waals surface area contributed by atoms with Gasteiger partial charge in [0.1, 0.15) is 5.82 Å². The van der Waals surface area contributed by atoms with Crippen molar-refractivity contribution in [2.24, 2.45) is 0 Å². The summed E-state index contributed by atoms with van der Waals surface area (Å²) in [5.41, 5.74) is 7.38.